The standard InChI is InChI=1S/C25H28IN5O4S2/c1-15(32)29-18-6-4-17(5-7-18)23(34)31-10-8-16(9-11-31)22(33)30-24-28-13-21(37-24)36-14-20-27-12-19(35-20)25(2,3)26/h4-7,12-13,16H,8-11,14H2,1-3H3,(H,29,32)(H,28,30,33). The molecule has 1 aromatic carbocycles. The van der Waals surface area contributed by atoms with Gasteiger partial charge in [-0.15, -0.1) is 11.8 Å². The van der Waals surface area contributed by atoms with Crippen LogP contribution in [0.2, 0.25) is 0 Å². The number of halogens is 1. The summed E-state index contributed by atoms with van der Waals surface area (Å²) in [4.78, 5) is 47.3. The molecule has 1 aliphatic heterocycles. The molecule has 1 saturated heterocycles. The van der Waals surface area contributed by atoms with Gasteiger partial charge in [0, 0.05) is 37.2 Å². The number of benzene rings is 1. The molecule has 1 aliphatic rings. The van der Waals surface area contributed by atoms with Crippen molar-refractivity contribution in [2.45, 2.75) is 47.0 Å². The molecule has 196 valence electrons. The monoisotopic (exact) mass is 653 g/mol. The first-order valence-corrected chi connectivity index (χ1v) is 14.7. The molecule has 3 amide bonds. The minimum Gasteiger partial charge on any atom is -0.443 e. The fraction of sp³-hybridized carbons (Fsp3) is 0.400. The van der Waals surface area contributed by atoms with Crippen molar-refractivity contribution in [2.75, 3.05) is 23.7 Å². The van der Waals surface area contributed by atoms with Crippen LogP contribution in [0.3, 0.4) is 0 Å². The number of hydrogen-bond acceptors (Lipinski definition) is 8. The van der Waals surface area contributed by atoms with E-state index in [9.17, 15) is 14.4 Å². The lowest BCUT2D eigenvalue weighted by molar-refractivity contribution is -0.121. The lowest BCUT2D eigenvalue weighted by Crippen LogP contribution is -2.41. The van der Waals surface area contributed by atoms with Crippen LogP contribution in [0.4, 0.5) is 10.8 Å². The lowest BCUT2D eigenvalue weighted by atomic mass is 9.95. The SMILES string of the molecule is CC(=O)Nc1ccc(C(=O)N2CCC(C(=O)Nc3ncc(SCc4ncc(C(C)(C)I)o4)s3)CC2)cc1. The number of alkyl halides is 1. The zero-order valence-electron chi connectivity index (χ0n) is 20.7. The topological polar surface area (TPSA) is 117 Å². The molecule has 2 aromatic heterocycles. The van der Waals surface area contributed by atoms with Crippen LogP contribution >= 0.6 is 45.7 Å². The number of carbonyl (C=O) groups is 3. The van der Waals surface area contributed by atoms with Crippen LogP contribution in [0.15, 0.2) is 45.3 Å². The van der Waals surface area contributed by atoms with Crippen molar-refractivity contribution in [3.05, 3.63) is 53.9 Å². The van der Waals surface area contributed by atoms with Crippen molar-refractivity contribution in [1.29, 1.82) is 0 Å². The molecule has 12 heteroatoms. The Hall–Kier alpha value is -2.45. The van der Waals surface area contributed by atoms with Gasteiger partial charge in [-0.2, -0.15) is 0 Å². The molecule has 0 saturated carbocycles. The third-order valence-corrected chi connectivity index (χ3v) is 8.42. The van der Waals surface area contributed by atoms with E-state index in [0.29, 0.717) is 54.0 Å². The number of hydrogen-bond donors (Lipinski definition) is 2. The highest BCUT2D eigenvalue weighted by molar-refractivity contribution is 14.1. The number of oxazole rings is 1. The number of piperidine rings is 1. The van der Waals surface area contributed by atoms with E-state index < -0.39 is 0 Å². The summed E-state index contributed by atoms with van der Waals surface area (Å²) in [7, 11) is 0. The average molecular weight is 654 g/mol. The molecule has 4 rings (SSSR count). The van der Waals surface area contributed by atoms with Gasteiger partial charge in [0.05, 0.1) is 25.8 Å². The first kappa shape index (κ1) is 27.6. The van der Waals surface area contributed by atoms with Crippen molar-refractivity contribution in [3.63, 3.8) is 0 Å². The Morgan fingerprint density at radius 3 is 2.46 bits per heavy atom. The van der Waals surface area contributed by atoms with Crippen molar-refractivity contribution in [2.24, 2.45) is 5.92 Å². The molecule has 9 nitrogen and oxygen atoms in total. The van der Waals surface area contributed by atoms with Crippen molar-refractivity contribution < 1.29 is 18.8 Å². The Morgan fingerprint density at radius 1 is 1.14 bits per heavy atom. The number of rotatable bonds is 8. The normalized spacial score (nSPS) is 14.4. The zero-order chi connectivity index (χ0) is 26.6. The van der Waals surface area contributed by atoms with Crippen molar-refractivity contribution in [1.82, 2.24) is 14.9 Å². The fourth-order valence-electron chi connectivity index (χ4n) is 3.80. The molecule has 3 aromatic rings. The van der Waals surface area contributed by atoms with E-state index in [2.05, 4.69) is 57.0 Å². The smallest absolute Gasteiger partial charge is 0.253 e. The van der Waals surface area contributed by atoms with Crippen molar-refractivity contribution >= 4 is 74.2 Å². The van der Waals surface area contributed by atoms with E-state index in [1.807, 2.05) is 0 Å². The summed E-state index contributed by atoms with van der Waals surface area (Å²) >= 11 is 5.31. The quantitative estimate of drug-likeness (QED) is 0.186. The first-order valence-electron chi connectivity index (χ1n) is 11.8. The number of amides is 3. The lowest BCUT2D eigenvalue weighted by Gasteiger charge is -2.31. The highest BCUT2D eigenvalue weighted by Gasteiger charge is 2.28. The van der Waals surface area contributed by atoms with Crippen LogP contribution in [0.1, 0.15) is 55.6 Å². The summed E-state index contributed by atoms with van der Waals surface area (Å²) < 4.78 is 6.68. The first-order chi connectivity index (χ1) is 17.6. The number of carbonyl (C=O) groups excluding carboxylic acids is 3. The number of nitrogens with zero attached hydrogens (tertiary/aromatic N) is 3. The highest BCUT2D eigenvalue weighted by atomic mass is 127. The van der Waals surface area contributed by atoms with Crippen molar-refractivity contribution in [3.8, 4) is 0 Å². The van der Waals surface area contributed by atoms with Gasteiger partial charge in [-0.1, -0.05) is 33.9 Å². The van der Waals surface area contributed by atoms with Gasteiger partial charge in [-0.3, -0.25) is 14.4 Å². The second kappa shape index (κ2) is 11.9. The molecule has 37 heavy (non-hydrogen) atoms. The molecule has 1 fully saturated rings. The van der Waals surface area contributed by atoms with Crippen LogP contribution in [0.5, 0.6) is 0 Å². The summed E-state index contributed by atoms with van der Waals surface area (Å²) in [5.41, 5.74) is 1.21. The van der Waals surface area contributed by atoms with E-state index in [0.717, 1.165) is 9.97 Å². The maximum absolute atomic E-state index is 12.8. The summed E-state index contributed by atoms with van der Waals surface area (Å²) in [5.74, 6) is 1.61. The Kier molecular flexibility index (Phi) is 8.90. The van der Waals surface area contributed by atoms with E-state index >= 15 is 0 Å². The molecule has 0 radical (unpaired) electrons. The van der Waals surface area contributed by atoms with Crippen LogP contribution in [0.25, 0.3) is 0 Å². The highest BCUT2D eigenvalue weighted by Crippen LogP contribution is 2.34. The van der Waals surface area contributed by atoms with E-state index in [1.165, 1.54) is 18.3 Å². The largest absolute Gasteiger partial charge is 0.443 e. The minimum atomic E-state index is -0.173. The van der Waals surface area contributed by atoms with Gasteiger partial charge in [-0.25, -0.2) is 9.97 Å². The van der Waals surface area contributed by atoms with Gasteiger partial charge in [0.15, 0.2) is 5.13 Å². The molecule has 0 spiro atoms. The predicted molar refractivity (Wildman–Crippen MR) is 153 cm³/mol. The van der Waals surface area contributed by atoms with Crippen LogP contribution in [-0.2, 0) is 18.8 Å². The number of aromatic nitrogens is 2. The number of thioether (sulfide) groups is 1. The summed E-state index contributed by atoms with van der Waals surface area (Å²) in [6.07, 6.45) is 4.70. The number of anilines is 2. The van der Waals surface area contributed by atoms with Gasteiger partial charge >= 0.3 is 0 Å². The molecule has 2 N–H and O–H groups in total. The fourth-order valence-corrected chi connectivity index (χ4v) is 5.78. The van der Waals surface area contributed by atoms with Crippen LogP contribution in [-0.4, -0.2) is 45.7 Å². The average Bonchev–Trinajstić information content (AvgIpc) is 3.52. The third-order valence-electron chi connectivity index (χ3n) is 5.80. The predicted octanol–water partition coefficient (Wildman–Crippen LogP) is 5.54. The van der Waals surface area contributed by atoms with Crippen LogP contribution in [0, 0.1) is 5.92 Å². The van der Waals surface area contributed by atoms with Gasteiger partial charge < -0.3 is 20.0 Å². The minimum absolute atomic E-state index is 0.0701. The molecular weight excluding hydrogens is 625 g/mol. The Morgan fingerprint density at radius 2 is 1.84 bits per heavy atom. The van der Waals surface area contributed by atoms with Gasteiger partial charge in [-0.05, 0) is 51.0 Å². The van der Waals surface area contributed by atoms with E-state index in [1.54, 1.807) is 53.3 Å². The maximum atomic E-state index is 12.8. The van der Waals surface area contributed by atoms with Crippen LogP contribution < -0.4 is 10.6 Å². The molecule has 0 bridgehead atoms. The molecule has 0 unspecified atom stereocenters. The summed E-state index contributed by atoms with van der Waals surface area (Å²) in [5, 5.41) is 6.18. The number of thiazole rings is 1. The van der Waals surface area contributed by atoms with Gasteiger partial charge in [0.1, 0.15) is 5.76 Å². The Labute approximate surface area is 237 Å². The van der Waals surface area contributed by atoms with Gasteiger partial charge in [0.25, 0.3) is 5.91 Å². The zero-order valence-corrected chi connectivity index (χ0v) is 24.5. The molecule has 0 atom stereocenters. The Balaban J connectivity index is 1.23. The Bertz CT molecular complexity index is 1260. The second-order valence-electron chi connectivity index (χ2n) is 9.18. The van der Waals surface area contributed by atoms with Gasteiger partial charge in [0.2, 0.25) is 17.7 Å². The van der Waals surface area contributed by atoms with E-state index in [4.69, 9.17) is 4.42 Å². The van der Waals surface area contributed by atoms with E-state index in [-0.39, 0.29) is 27.1 Å². The second-order valence-corrected chi connectivity index (χ2v) is 14.2. The molecular formula is C25H28IN5O4S2. The maximum Gasteiger partial charge on any atom is 0.253 e. The molecule has 3 heterocycles. The summed E-state index contributed by atoms with van der Waals surface area (Å²) in [6, 6.07) is 6.83. The molecule has 0 aliphatic carbocycles. The summed E-state index contributed by atoms with van der Waals surface area (Å²) in [6.45, 7) is 6.60. The third kappa shape index (κ3) is 7.54. The number of likely N-dealkylation sites (tertiary alicyclic amines) is 1. The number of nitrogens with one attached hydrogen (secondary N) is 2.